The van der Waals surface area contributed by atoms with Crippen LogP contribution in [0.4, 0.5) is 0 Å². The molecule has 1 rings (SSSR count). The van der Waals surface area contributed by atoms with Gasteiger partial charge in [-0.1, -0.05) is 30.3 Å². The van der Waals surface area contributed by atoms with E-state index in [0.717, 1.165) is 5.19 Å². The van der Waals surface area contributed by atoms with Crippen LogP contribution >= 0.6 is 0 Å². The summed E-state index contributed by atoms with van der Waals surface area (Å²) >= 11 is 0. The van der Waals surface area contributed by atoms with E-state index in [-0.39, 0.29) is 6.61 Å². The molecule has 1 aromatic rings. The molecule has 0 saturated carbocycles. The maximum atomic E-state index is 10.8. The standard InChI is InChI=1S/C16H30O6Si2/c1-14(17)16(18)13-21-11-8-12-23(3,20-2)22-24(4,19)15-9-6-5-7-10-15/h5-7,9-10,14,16-19H,8,11-13H2,1-4H3. The quantitative estimate of drug-likeness (QED) is 0.393. The maximum Gasteiger partial charge on any atom is 0.357 e. The monoisotopic (exact) mass is 374 g/mol. The maximum absolute atomic E-state index is 10.8. The average molecular weight is 375 g/mol. The number of hydrogen-bond donors (Lipinski definition) is 3. The largest absolute Gasteiger partial charge is 0.411 e. The first kappa shape index (κ1) is 21.5. The third kappa shape index (κ3) is 7.12. The summed E-state index contributed by atoms with van der Waals surface area (Å²) in [4.78, 5) is 10.8. The zero-order chi connectivity index (χ0) is 18.2. The van der Waals surface area contributed by atoms with Crippen molar-refractivity contribution in [2.24, 2.45) is 0 Å². The second-order valence-corrected chi connectivity index (χ2v) is 12.8. The summed E-state index contributed by atoms with van der Waals surface area (Å²) in [5, 5.41) is 19.5. The van der Waals surface area contributed by atoms with Crippen LogP contribution in [0.5, 0.6) is 0 Å². The van der Waals surface area contributed by atoms with Gasteiger partial charge in [0.25, 0.3) is 0 Å². The molecule has 1 aromatic carbocycles. The number of hydrogen-bond acceptors (Lipinski definition) is 6. The number of rotatable bonds is 11. The minimum absolute atomic E-state index is 0.0975. The summed E-state index contributed by atoms with van der Waals surface area (Å²) in [7, 11) is -3.92. The van der Waals surface area contributed by atoms with Crippen molar-refractivity contribution >= 4 is 22.3 Å². The molecule has 4 atom stereocenters. The zero-order valence-corrected chi connectivity index (χ0v) is 16.9. The lowest BCUT2D eigenvalue weighted by Crippen LogP contribution is -2.57. The van der Waals surface area contributed by atoms with Crippen molar-refractivity contribution in [2.75, 3.05) is 20.3 Å². The van der Waals surface area contributed by atoms with Crippen molar-refractivity contribution in [1.82, 2.24) is 0 Å². The third-order valence-corrected chi connectivity index (χ3v) is 10.8. The number of ether oxygens (including phenoxy) is 1. The highest BCUT2D eigenvalue weighted by molar-refractivity contribution is 6.87. The van der Waals surface area contributed by atoms with Crippen molar-refractivity contribution in [1.29, 1.82) is 0 Å². The Hall–Kier alpha value is -0.586. The third-order valence-electron chi connectivity index (χ3n) is 3.92. The van der Waals surface area contributed by atoms with Gasteiger partial charge in [-0.15, -0.1) is 0 Å². The summed E-state index contributed by atoms with van der Waals surface area (Å²) in [5.74, 6) is 0. The van der Waals surface area contributed by atoms with Gasteiger partial charge >= 0.3 is 17.1 Å². The van der Waals surface area contributed by atoms with E-state index in [2.05, 4.69) is 0 Å². The molecule has 6 nitrogen and oxygen atoms in total. The zero-order valence-electron chi connectivity index (χ0n) is 14.9. The molecular formula is C16H30O6Si2. The molecule has 0 aromatic heterocycles. The summed E-state index contributed by atoms with van der Waals surface area (Å²) in [6, 6.07) is 10.1. The number of aliphatic hydroxyl groups is 2. The topological polar surface area (TPSA) is 88.4 Å². The smallest absolute Gasteiger partial charge is 0.357 e. The van der Waals surface area contributed by atoms with Gasteiger partial charge in [0.1, 0.15) is 6.10 Å². The van der Waals surface area contributed by atoms with Crippen LogP contribution in [-0.4, -0.2) is 64.7 Å². The van der Waals surface area contributed by atoms with Crippen molar-refractivity contribution in [3.63, 3.8) is 0 Å². The Bertz CT molecular complexity index is 471. The molecule has 0 aliphatic heterocycles. The van der Waals surface area contributed by atoms with Crippen LogP contribution in [0.15, 0.2) is 30.3 Å². The van der Waals surface area contributed by atoms with Gasteiger partial charge in [0, 0.05) is 13.7 Å². The predicted molar refractivity (Wildman–Crippen MR) is 97.6 cm³/mol. The normalized spacial score (nSPS) is 19.3. The summed E-state index contributed by atoms with van der Waals surface area (Å²) in [6.07, 6.45) is -0.986. The molecule has 0 aliphatic rings. The molecule has 0 saturated heterocycles. The van der Waals surface area contributed by atoms with Crippen LogP contribution < -0.4 is 5.19 Å². The van der Waals surface area contributed by atoms with Crippen LogP contribution in [-0.2, 0) is 13.3 Å². The van der Waals surface area contributed by atoms with E-state index >= 15 is 0 Å². The molecule has 0 amide bonds. The minimum Gasteiger partial charge on any atom is -0.411 e. The van der Waals surface area contributed by atoms with Gasteiger partial charge in [0.2, 0.25) is 0 Å². The van der Waals surface area contributed by atoms with Gasteiger partial charge in [-0.25, -0.2) is 0 Å². The highest BCUT2D eigenvalue weighted by Gasteiger charge is 2.41. The SMILES string of the molecule is CO[Si](C)(CCCOCC(O)C(C)O)O[Si](C)(O)c1ccccc1. The fourth-order valence-corrected chi connectivity index (χ4v) is 8.64. The lowest BCUT2D eigenvalue weighted by atomic mass is 10.2. The fraction of sp³-hybridized carbons (Fsp3) is 0.625. The van der Waals surface area contributed by atoms with E-state index in [1.807, 2.05) is 36.9 Å². The summed E-state index contributed by atoms with van der Waals surface area (Å²) in [6.45, 7) is 5.74. The Morgan fingerprint density at radius 1 is 1.12 bits per heavy atom. The molecule has 0 fully saturated rings. The Kier molecular flexibility index (Phi) is 8.75. The van der Waals surface area contributed by atoms with Gasteiger partial charge in [-0.3, -0.25) is 0 Å². The van der Waals surface area contributed by atoms with Crippen LogP contribution in [0, 0.1) is 0 Å². The lowest BCUT2D eigenvalue weighted by molar-refractivity contribution is -0.0303. The van der Waals surface area contributed by atoms with E-state index in [1.165, 1.54) is 6.92 Å². The summed E-state index contributed by atoms with van der Waals surface area (Å²) in [5.41, 5.74) is 0. The van der Waals surface area contributed by atoms with Crippen molar-refractivity contribution in [3.8, 4) is 0 Å². The van der Waals surface area contributed by atoms with Crippen LogP contribution in [0.3, 0.4) is 0 Å². The Balaban J connectivity index is 2.48. The van der Waals surface area contributed by atoms with E-state index in [0.29, 0.717) is 19.1 Å². The average Bonchev–Trinajstić information content (AvgIpc) is 2.54. The first-order valence-corrected chi connectivity index (χ1v) is 13.1. The Morgan fingerprint density at radius 3 is 2.29 bits per heavy atom. The van der Waals surface area contributed by atoms with Crippen molar-refractivity contribution in [2.45, 2.75) is 44.7 Å². The fourth-order valence-electron chi connectivity index (χ4n) is 2.26. The van der Waals surface area contributed by atoms with Crippen LogP contribution in [0.1, 0.15) is 13.3 Å². The van der Waals surface area contributed by atoms with Crippen LogP contribution in [0.25, 0.3) is 0 Å². The van der Waals surface area contributed by atoms with E-state index in [4.69, 9.17) is 13.3 Å². The first-order chi connectivity index (χ1) is 11.2. The Morgan fingerprint density at radius 2 is 1.75 bits per heavy atom. The molecule has 0 radical (unpaired) electrons. The van der Waals surface area contributed by atoms with Gasteiger partial charge in [0.15, 0.2) is 0 Å². The molecule has 4 unspecified atom stereocenters. The molecule has 3 N–H and O–H groups in total. The van der Waals surface area contributed by atoms with Crippen molar-refractivity contribution < 1.29 is 28.3 Å². The van der Waals surface area contributed by atoms with Gasteiger partial charge in [-0.2, -0.15) is 0 Å². The van der Waals surface area contributed by atoms with Gasteiger partial charge < -0.3 is 28.3 Å². The number of aliphatic hydroxyl groups excluding tert-OH is 2. The molecule has 138 valence electrons. The minimum atomic E-state index is -3.01. The van der Waals surface area contributed by atoms with E-state index in [1.54, 1.807) is 13.7 Å². The molecule has 0 bridgehead atoms. The van der Waals surface area contributed by atoms with Crippen molar-refractivity contribution in [3.05, 3.63) is 30.3 Å². The molecule has 8 heteroatoms. The van der Waals surface area contributed by atoms with Gasteiger partial charge in [0.05, 0.1) is 12.7 Å². The van der Waals surface area contributed by atoms with E-state index < -0.39 is 29.3 Å². The summed E-state index contributed by atoms with van der Waals surface area (Å²) < 4.78 is 17.1. The highest BCUT2D eigenvalue weighted by atomic mass is 28.5. The molecule has 0 heterocycles. The second-order valence-electron chi connectivity index (χ2n) is 6.28. The number of benzene rings is 1. The molecule has 0 aliphatic carbocycles. The predicted octanol–water partition coefficient (Wildman–Crippen LogP) is 0.841. The highest BCUT2D eigenvalue weighted by Crippen LogP contribution is 2.19. The van der Waals surface area contributed by atoms with Gasteiger partial charge in [-0.05, 0) is 37.7 Å². The lowest BCUT2D eigenvalue weighted by Gasteiger charge is -2.33. The molecule has 0 spiro atoms. The molecular weight excluding hydrogens is 344 g/mol. The van der Waals surface area contributed by atoms with Crippen LogP contribution in [0.2, 0.25) is 19.1 Å². The first-order valence-electron chi connectivity index (χ1n) is 8.17. The van der Waals surface area contributed by atoms with E-state index in [9.17, 15) is 15.0 Å². The second kappa shape index (κ2) is 9.78. The molecule has 24 heavy (non-hydrogen) atoms. The Labute approximate surface area is 146 Å².